The lowest BCUT2D eigenvalue weighted by Crippen LogP contribution is -1.82. The first-order valence-corrected chi connectivity index (χ1v) is 5.21. The molecule has 1 heterocycles. The summed E-state index contributed by atoms with van der Waals surface area (Å²) in [4.78, 5) is 15.7. The van der Waals surface area contributed by atoms with E-state index in [1.54, 1.807) is 12.1 Å². The molecule has 0 bridgehead atoms. The summed E-state index contributed by atoms with van der Waals surface area (Å²) in [5.41, 5.74) is 1.58. The van der Waals surface area contributed by atoms with E-state index >= 15 is 0 Å². The van der Waals surface area contributed by atoms with E-state index in [4.69, 9.17) is 0 Å². The number of aryl methyl sites for hydroxylation is 1. The molecule has 0 saturated carbocycles. The van der Waals surface area contributed by atoms with Crippen molar-refractivity contribution in [1.82, 2.24) is 4.98 Å². The SMILES string of the molecule is Cc1sc(C=O)nc1-c1ccc(F)cc1. The third-order valence-electron chi connectivity index (χ3n) is 2.03. The standard InChI is InChI=1S/C11H8FNOS/c1-7-11(13-10(6-14)15-7)8-2-4-9(12)5-3-8/h2-6H,1H3. The summed E-state index contributed by atoms with van der Waals surface area (Å²) < 4.78 is 12.7. The number of carbonyl (C=O) groups is 1. The Morgan fingerprint density at radius 3 is 2.53 bits per heavy atom. The maximum atomic E-state index is 12.7. The number of aromatic nitrogens is 1. The van der Waals surface area contributed by atoms with Gasteiger partial charge in [0.05, 0.1) is 5.69 Å². The third kappa shape index (κ3) is 1.94. The quantitative estimate of drug-likeness (QED) is 0.729. The molecule has 15 heavy (non-hydrogen) atoms. The summed E-state index contributed by atoms with van der Waals surface area (Å²) in [5, 5.41) is 0.451. The van der Waals surface area contributed by atoms with E-state index in [1.165, 1.54) is 23.5 Å². The maximum absolute atomic E-state index is 12.7. The molecule has 0 aliphatic rings. The van der Waals surface area contributed by atoms with Crippen molar-refractivity contribution in [1.29, 1.82) is 0 Å². The Kier molecular flexibility index (Phi) is 2.60. The molecule has 0 radical (unpaired) electrons. The Morgan fingerprint density at radius 2 is 2.00 bits per heavy atom. The molecule has 0 saturated heterocycles. The lowest BCUT2D eigenvalue weighted by atomic mass is 10.1. The van der Waals surface area contributed by atoms with Gasteiger partial charge in [-0.25, -0.2) is 9.37 Å². The van der Waals surface area contributed by atoms with Gasteiger partial charge >= 0.3 is 0 Å². The molecule has 2 nitrogen and oxygen atoms in total. The van der Waals surface area contributed by atoms with Crippen LogP contribution in [0.4, 0.5) is 4.39 Å². The zero-order chi connectivity index (χ0) is 10.8. The van der Waals surface area contributed by atoms with Crippen LogP contribution in [0.1, 0.15) is 14.7 Å². The molecule has 0 spiro atoms. The molecule has 2 aromatic rings. The number of hydrogen-bond donors (Lipinski definition) is 0. The number of carbonyl (C=O) groups excluding carboxylic acids is 1. The minimum absolute atomic E-state index is 0.276. The number of aldehydes is 1. The molecule has 0 aliphatic heterocycles. The van der Waals surface area contributed by atoms with Crippen LogP contribution in [0.5, 0.6) is 0 Å². The van der Waals surface area contributed by atoms with Crippen LogP contribution in [0, 0.1) is 12.7 Å². The molecule has 0 fully saturated rings. The average molecular weight is 221 g/mol. The number of thiazole rings is 1. The van der Waals surface area contributed by atoms with E-state index in [-0.39, 0.29) is 5.82 Å². The molecule has 4 heteroatoms. The second-order valence-electron chi connectivity index (χ2n) is 3.08. The fourth-order valence-corrected chi connectivity index (χ4v) is 2.10. The van der Waals surface area contributed by atoms with Crippen LogP contribution in [0.15, 0.2) is 24.3 Å². The van der Waals surface area contributed by atoms with E-state index in [0.29, 0.717) is 5.01 Å². The first kappa shape index (κ1) is 9.98. The van der Waals surface area contributed by atoms with E-state index in [0.717, 1.165) is 22.4 Å². The van der Waals surface area contributed by atoms with Gasteiger partial charge in [-0.1, -0.05) is 0 Å². The van der Waals surface area contributed by atoms with Gasteiger partial charge in [0, 0.05) is 10.4 Å². The summed E-state index contributed by atoms with van der Waals surface area (Å²) in [6, 6.07) is 6.08. The van der Waals surface area contributed by atoms with Crippen molar-refractivity contribution >= 4 is 17.6 Å². The molecule has 2 rings (SSSR count). The minimum Gasteiger partial charge on any atom is -0.295 e. The Bertz CT molecular complexity index is 490. The van der Waals surface area contributed by atoms with Crippen molar-refractivity contribution in [3.05, 3.63) is 40.0 Å². The van der Waals surface area contributed by atoms with Crippen molar-refractivity contribution in [2.45, 2.75) is 6.92 Å². The van der Waals surface area contributed by atoms with Crippen molar-refractivity contribution < 1.29 is 9.18 Å². The molecule has 76 valence electrons. The first-order valence-electron chi connectivity index (χ1n) is 4.39. The summed E-state index contributed by atoms with van der Waals surface area (Å²) in [6.07, 6.45) is 0.727. The van der Waals surface area contributed by atoms with Crippen molar-refractivity contribution in [2.75, 3.05) is 0 Å². The summed E-state index contributed by atoms with van der Waals surface area (Å²) in [5.74, 6) is -0.276. The number of halogens is 1. The summed E-state index contributed by atoms with van der Waals surface area (Å²) >= 11 is 1.34. The number of hydrogen-bond acceptors (Lipinski definition) is 3. The average Bonchev–Trinajstić information content (AvgIpc) is 2.61. The van der Waals surface area contributed by atoms with E-state index in [9.17, 15) is 9.18 Å². The fourth-order valence-electron chi connectivity index (χ4n) is 1.34. The minimum atomic E-state index is -0.276. The molecule has 0 amide bonds. The largest absolute Gasteiger partial charge is 0.295 e. The van der Waals surface area contributed by atoms with Crippen molar-refractivity contribution in [3.8, 4) is 11.3 Å². The van der Waals surface area contributed by atoms with Crippen molar-refractivity contribution in [2.24, 2.45) is 0 Å². The Balaban J connectivity index is 2.48. The topological polar surface area (TPSA) is 30.0 Å². The molecular weight excluding hydrogens is 213 g/mol. The van der Waals surface area contributed by atoms with Gasteiger partial charge in [0.2, 0.25) is 0 Å². The lowest BCUT2D eigenvalue weighted by molar-refractivity contribution is 0.112. The van der Waals surface area contributed by atoms with Crippen molar-refractivity contribution in [3.63, 3.8) is 0 Å². The van der Waals surface area contributed by atoms with Gasteiger partial charge in [0.15, 0.2) is 11.3 Å². The second-order valence-corrected chi connectivity index (χ2v) is 4.32. The van der Waals surface area contributed by atoms with Crippen LogP contribution >= 0.6 is 11.3 Å². The second kappa shape index (κ2) is 3.90. The molecule has 0 aliphatic carbocycles. The first-order chi connectivity index (χ1) is 7.20. The predicted octanol–water partition coefficient (Wildman–Crippen LogP) is 3.07. The summed E-state index contributed by atoms with van der Waals surface area (Å²) in [7, 11) is 0. The van der Waals surface area contributed by atoms with E-state index in [1.807, 2.05) is 6.92 Å². The van der Waals surface area contributed by atoms with Gasteiger partial charge in [-0.2, -0.15) is 0 Å². The Hall–Kier alpha value is -1.55. The Morgan fingerprint density at radius 1 is 1.33 bits per heavy atom. The third-order valence-corrected chi connectivity index (χ3v) is 2.93. The number of nitrogens with zero attached hydrogens (tertiary/aromatic N) is 1. The maximum Gasteiger partial charge on any atom is 0.178 e. The van der Waals surface area contributed by atoms with Gasteiger partial charge in [0.25, 0.3) is 0 Å². The Labute approximate surface area is 90.4 Å². The monoisotopic (exact) mass is 221 g/mol. The van der Waals surface area contributed by atoms with Crippen LogP contribution < -0.4 is 0 Å². The highest BCUT2D eigenvalue weighted by Crippen LogP contribution is 2.26. The van der Waals surface area contributed by atoms with Crippen LogP contribution in [0.25, 0.3) is 11.3 Å². The fraction of sp³-hybridized carbons (Fsp3) is 0.0909. The summed E-state index contributed by atoms with van der Waals surface area (Å²) in [6.45, 7) is 1.89. The number of benzene rings is 1. The highest BCUT2D eigenvalue weighted by atomic mass is 32.1. The van der Waals surface area contributed by atoms with Gasteiger partial charge < -0.3 is 0 Å². The van der Waals surface area contributed by atoms with Crippen LogP contribution in [-0.2, 0) is 0 Å². The lowest BCUT2D eigenvalue weighted by Gasteiger charge is -1.97. The molecule has 0 unspecified atom stereocenters. The smallest absolute Gasteiger partial charge is 0.178 e. The van der Waals surface area contributed by atoms with Crippen LogP contribution in [0.2, 0.25) is 0 Å². The highest BCUT2D eigenvalue weighted by Gasteiger charge is 2.08. The number of rotatable bonds is 2. The molecule has 1 aromatic heterocycles. The predicted molar refractivity (Wildman–Crippen MR) is 57.6 cm³/mol. The normalized spacial score (nSPS) is 10.3. The van der Waals surface area contributed by atoms with Gasteiger partial charge in [-0.3, -0.25) is 4.79 Å². The van der Waals surface area contributed by atoms with Gasteiger partial charge in [0.1, 0.15) is 5.82 Å². The van der Waals surface area contributed by atoms with Gasteiger partial charge in [-0.05, 0) is 31.2 Å². The van der Waals surface area contributed by atoms with Crippen LogP contribution in [0.3, 0.4) is 0 Å². The van der Waals surface area contributed by atoms with Crippen LogP contribution in [-0.4, -0.2) is 11.3 Å². The molecular formula is C11H8FNOS. The highest BCUT2D eigenvalue weighted by molar-refractivity contribution is 7.13. The molecule has 1 aromatic carbocycles. The van der Waals surface area contributed by atoms with E-state index < -0.39 is 0 Å². The van der Waals surface area contributed by atoms with E-state index in [2.05, 4.69) is 4.98 Å². The zero-order valence-corrected chi connectivity index (χ0v) is 8.84. The molecule has 0 N–H and O–H groups in total. The molecule has 0 atom stereocenters. The van der Waals surface area contributed by atoms with Gasteiger partial charge in [-0.15, -0.1) is 11.3 Å². The zero-order valence-electron chi connectivity index (χ0n) is 8.03.